The number of hydrogen-bond acceptors (Lipinski definition) is 6. The van der Waals surface area contributed by atoms with E-state index < -0.39 is 10.0 Å². The van der Waals surface area contributed by atoms with E-state index in [9.17, 15) is 13.2 Å². The lowest BCUT2D eigenvalue weighted by atomic mass is 10.1. The minimum atomic E-state index is -3.69. The van der Waals surface area contributed by atoms with Gasteiger partial charge >= 0.3 is 0 Å². The van der Waals surface area contributed by atoms with E-state index in [-0.39, 0.29) is 17.3 Å². The van der Waals surface area contributed by atoms with Gasteiger partial charge in [-0.25, -0.2) is 13.1 Å². The number of rotatable bonds is 6. The van der Waals surface area contributed by atoms with Gasteiger partial charge < -0.3 is 15.0 Å². The van der Waals surface area contributed by atoms with Crippen LogP contribution in [0.2, 0.25) is 0 Å². The van der Waals surface area contributed by atoms with Gasteiger partial charge in [0.05, 0.1) is 30.0 Å². The molecule has 9 heteroatoms. The largest absolute Gasteiger partial charge is 0.378 e. The fourth-order valence-electron chi connectivity index (χ4n) is 3.21. The lowest BCUT2D eigenvalue weighted by Gasteiger charge is -2.22. The molecule has 8 nitrogen and oxygen atoms in total. The van der Waals surface area contributed by atoms with Crippen LogP contribution in [0.25, 0.3) is 0 Å². The van der Waals surface area contributed by atoms with Gasteiger partial charge in [-0.2, -0.15) is 0 Å². The standard InChI is InChI=1S/C25H24N4O4S/c30-25(28-23-2-1-12-26-19-23)22-7-3-21(4-8-22)18-27-34(31,32)24-9-5-20(6-10-24)11-13-29-14-16-33-17-15-29/h1-10,12,19,27H,14-18H2,(H,28,30). The van der Waals surface area contributed by atoms with Gasteiger partial charge in [0.2, 0.25) is 10.0 Å². The summed E-state index contributed by atoms with van der Waals surface area (Å²) in [5, 5.41) is 2.76. The molecule has 4 rings (SSSR count). The van der Waals surface area contributed by atoms with E-state index in [1.165, 1.54) is 12.1 Å². The van der Waals surface area contributed by atoms with Crippen LogP contribution < -0.4 is 10.0 Å². The zero-order chi connectivity index (χ0) is 23.8. The Hall–Kier alpha value is -3.71. The van der Waals surface area contributed by atoms with Gasteiger partial charge in [-0.15, -0.1) is 0 Å². The number of nitrogens with zero attached hydrogens (tertiary/aromatic N) is 2. The first kappa shape index (κ1) is 23.4. The van der Waals surface area contributed by atoms with Crippen LogP contribution in [-0.4, -0.2) is 50.5 Å². The Bertz CT molecular complexity index is 1280. The van der Waals surface area contributed by atoms with Gasteiger partial charge in [0.1, 0.15) is 0 Å². The maximum Gasteiger partial charge on any atom is 0.255 e. The van der Waals surface area contributed by atoms with Crippen LogP contribution in [-0.2, 0) is 21.3 Å². The third kappa shape index (κ3) is 6.42. The Morgan fingerprint density at radius 1 is 1.03 bits per heavy atom. The summed E-state index contributed by atoms with van der Waals surface area (Å²) in [4.78, 5) is 18.4. The van der Waals surface area contributed by atoms with Crippen LogP contribution in [0, 0.1) is 12.0 Å². The molecule has 1 aliphatic heterocycles. The SMILES string of the molecule is O=C(Nc1cccnc1)c1ccc(CNS(=O)(=O)c2ccc(C#CN3CCOCC3)cc2)cc1. The van der Waals surface area contributed by atoms with Crippen molar-refractivity contribution < 1.29 is 17.9 Å². The molecule has 0 radical (unpaired) electrons. The van der Waals surface area contributed by atoms with E-state index >= 15 is 0 Å². The average molecular weight is 477 g/mol. The molecule has 0 aliphatic carbocycles. The highest BCUT2D eigenvalue weighted by molar-refractivity contribution is 7.89. The van der Waals surface area contributed by atoms with Crippen molar-refractivity contribution >= 4 is 21.6 Å². The second-order valence-electron chi connectivity index (χ2n) is 7.58. The van der Waals surface area contributed by atoms with E-state index in [1.807, 2.05) is 4.90 Å². The zero-order valence-electron chi connectivity index (χ0n) is 18.4. The summed E-state index contributed by atoms with van der Waals surface area (Å²) >= 11 is 0. The zero-order valence-corrected chi connectivity index (χ0v) is 19.2. The van der Waals surface area contributed by atoms with E-state index in [0.29, 0.717) is 24.5 Å². The average Bonchev–Trinajstić information content (AvgIpc) is 2.88. The number of aromatic nitrogens is 1. The Balaban J connectivity index is 1.32. The van der Waals surface area contributed by atoms with E-state index in [2.05, 4.69) is 27.0 Å². The third-order valence-electron chi connectivity index (χ3n) is 5.14. The molecule has 1 amide bonds. The maximum atomic E-state index is 12.7. The summed E-state index contributed by atoms with van der Waals surface area (Å²) in [7, 11) is -3.69. The topological polar surface area (TPSA) is 101 Å². The van der Waals surface area contributed by atoms with Crippen molar-refractivity contribution in [2.24, 2.45) is 0 Å². The Kier molecular flexibility index (Phi) is 7.54. The number of sulfonamides is 1. The molecule has 2 heterocycles. The molecule has 3 aromatic rings. The molecule has 0 spiro atoms. The van der Waals surface area contributed by atoms with Gasteiger partial charge in [-0.3, -0.25) is 9.78 Å². The minimum Gasteiger partial charge on any atom is -0.378 e. The first-order chi connectivity index (χ1) is 16.5. The van der Waals surface area contributed by atoms with Crippen molar-refractivity contribution in [3.05, 3.63) is 89.7 Å². The smallest absolute Gasteiger partial charge is 0.255 e. The lowest BCUT2D eigenvalue weighted by molar-refractivity contribution is 0.0638. The lowest BCUT2D eigenvalue weighted by Crippen LogP contribution is -2.32. The van der Waals surface area contributed by atoms with Gasteiger partial charge in [0.25, 0.3) is 5.91 Å². The predicted molar refractivity (Wildman–Crippen MR) is 128 cm³/mol. The second kappa shape index (κ2) is 10.9. The monoisotopic (exact) mass is 476 g/mol. The number of anilines is 1. The summed E-state index contributed by atoms with van der Waals surface area (Å²) in [6, 6.07) is 19.7. The fraction of sp³-hybridized carbons (Fsp3) is 0.200. The van der Waals surface area contributed by atoms with Crippen LogP contribution in [0.4, 0.5) is 5.69 Å². The summed E-state index contributed by atoms with van der Waals surface area (Å²) < 4.78 is 33.2. The molecule has 2 aromatic carbocycles. The number of amides is 1. The normalized spacial score (nSPS) is 13.6. The number of morpholine rings is 1. The molecule has 174 valence electrons. The molecule has 1 aliphatic rings. The highest BCUT2D eigenvalue weighted by atomic mass is 32.2. The van der Waals surface area contributed by atoms with Crippen LogP contribution in [0.15, 0.2) is 78.0 Å². The highest BCUT2D eigenvalue weighted by Gasteiger charge is 2.14. The van der Waals surface area contributed by atoms with Gasteiger partial charge in [0, 0.05) is 43.0 Å². The molecule has 1 aromatic heterocycles. The van der Waals surface area contributed by atoms with Crippen LogP contribution in [0.3, 0.4) is 0 Å². The number of nitrogens with one attached hydrogen (secondary N) is 2. The molecule has 0 bridgehead atoms. The molecule has 2 N–H and O–H groups in total. The number of ether oxygens (including phenoxy) is 1. The van der Waals surface area contributed by atoms with Crippen molar-refractivity contribution in [2.75, 3.05) is 31.6 Å². The Morgan fingerprint density at radius 2 is 1.76 bits per heavy atom. The van der Waals surface area contributed by atoms with E-state index in [0.717, 1.165) is 24.2 Å². The van der Waals surface area contributed by atoms with Gasteiger partial charge in [-0.05, 0) is 60.0 Å². The molecule has 0 unspecified atom stereocenters. The fourth-order valence-corrected chi connectivity index (χ4v) is 4.23. The van der Waals surface area contributed by atoms with Gasteiger partial charge in [-0.1, -0.05) is 12.1 Å². The molecular formula is C25H24N4O4S. The number of carbonyl (C=O) groups excluding carboxylic acids is 1. The Labute approximate surface area is 199 Å². The van der Waals surface area contributed by atoms with Crippen LogP contribution in [0.1, 0.15) is 21.5 Å². The quantitative estimate of drug-likeness (QED) is 0.530. The Morgan fingerprint density at radius 3 is 2.44 bits per heavy atom. The van der Waals surface area contributed by atoms with Crippen molar-refractivity contribution in [2.45, 2.75) is 11.4 Å². The maximum absolute atomic E-state index is 12.7. The number of pyridine rings is 1. The molecule has 0 atom stereocenters. The molecular weight excluding hydrogens is 452 g/mol. The highest BCUT2D eigenvalue weighted by Crippen LogP contribution is 2.13. The first-order valence-electron chi connectivity index (χ1n) is 10.7. The number of carbonyl (C=O) groups is 1. The van der Waals surface area contributed by atoms with Crippen molar-refractivity contribution in [1.29, 1.82) is 0 Å². The van der Waals surface area contributed by atoms with Gasteiger partial charge in [0.15, 0.2) is 0 Å². The predicted octanol–water partition coefficient (Wildman–Crippen LogP) is 2.45. The summed E-state index contributed by atoms with van der Waals surface area (Å²) in [6.45, 7) is 2.96. The van der Waals surface area contributed by atoms with Crippen molar-refractivity contribution in [3.63, 3.8) is 0 Å². The molecule has 1 saturated heterocycles. The first-order valence-corrected chi connectivity index (χ1v) is 12.2. The summed E-state index contributed by atoms with van der Waals surface area (Å²) in [5.74, 6) is 2.78. The van der Waals surface area contributed by atoms with Crippen LogP contribution >= 0.6 is 0 Å². The molecule has 1 fully saturated rings. The van der Waals surface area contributed by atoms with Crippen molar-refractivity contribution in [3.8, 4) is 12.0 Å². The van der Waals surface area contributed by atoms with E-state index in [1.54, 1.807) is 60.9 Å². The molecule has 0 saturated carbocycles. The third-order valence-corrected chi connectivity index (χ3v) is 6.55. The molecule has 34 heavy (non-hydrogen) atoms. The summed E-state index contributed by atoms with van der Waals surface area (Å²) in [6.07, 6.45) is 3.19. The van der Waals surface area contributed by atoms with Crippen LogP contribution in [0.5, 0.6) is 0 Å². The minimum absolute atomic E-state index is 0.103. The number of hydrogen-bond donors (Lipinski definition) is 2. The van der Waals surface area contributed by atoms with E-state index in [4.69, 9.17) is 4.74 Å². The second-order valence-corrected chi connectivity index (χ2v) is 9.34. The van der Waals surface area contributed by atoms with Crippen molar-refractivity contribution in [1.82, 2.24) is 14.6 Å². The number of benzene rings is 2. The summed E-state index contributed by atoms with van der Waals surface area (Å²) in [5.41, 5.74) is 2.53.